The number of hydrogen-bond acceptors (Lipinski definition) is 13. The molecule has 129 heavy (non-hydrogen) atoms. The monoisotopic (exact) mass is 1700 g/mol. The molecule has 0 spiro atoms. The van der Waals surface area contributed by atoms with E-state index in [0.29, 0.717) is 11.8 Å². The Hall–Kier alpha value is -15.8. The summed E-state index contributed by atoms with van der Waals surface area (Å²) in [6.07, 6.45) is 9.29. The zero-order valence-electron chi connectivity index (χ0n) is 74.6. The maximum Gasteiger partial charge on any atom is 0.126 e. The molecule has 0 atom stereocenters. The first-order valence-electron chi connectivity index (χ1n) is 42.7. The molecule has 0 aliphatic carbocycles. The SMILES string of the molecule is COc1ccc(-c2ccc3ncn(-c4ccc(OC)cc4)c3c2)cc1.COc1ccc(-n2cnc3ccc(-c4ccc(C(C)(C)O)cc4)cc32)cc1.COc1ccc(-n2cnc3ccc(-c4ccc(C(C)C)cc4)cc32)cc1.COc1ccc(-n2cnc3ccc(-c4cccc(C(C)C)c4)cc32)cc1.COc1ccc(-n2cnc3ccc(-c4ccccc4OC)cc32)cc1. The number of benzene rings is 15. The van der Waals surface area contributed by atoms with E-state index >= 15 is 0 Å². The van der Waals surface area contributed by atoms with E-state index in [1.807, 2.05) is 220 Å². The molecule has 18 nitrogen and oxygen atoms in total. The van der Waals surface area contributed by atoms with Gasteiger partial charge in [-0.05, 0) is 293 Å². The molecule has 0 aliphatic heterocycles. The van der Waals surface area contributed by atoms with Gasteiger partial charge in [-0.1, -0.05) is 161 Å². The molecule has 20 aromatic rings. The summed E-state index contributed by atoms with van der Waals surface area (Å²) >= 11 is 0. The first-order chi connectivity index (χ1) is 62.8. The number of hydrogen-bond donors (Lipinski definition) is 1. The highest BCUT2D eigenvalue weighted by atomic mass is 16.5. The van der Waals surface area contributed by atoms with E-state index in [2.05, 4.69) is 221 Å². The number of para-hydroxylation sites is 1. The Morgan fingerprint density at radius 1 is 0.240 bits per heavy atom. The van der Waals surface area contributed by atoms with Crippen molar-refractivity contribution in [1.29, 1.82) is 0 Å². The minimum atomic E-state index is -0.838. The van der Waals surface area contributed by atoms with Crippen LogP contribution in [0.5, 0.6) is 40.2 Å². The molecule has 0 bridgehead atoms. The molecule has 0 radical (unpaired) electrons. The highest BCUT2D eigenvalue weighted by Gasteiger charge is 2.19. The molecule has 1 N–H and O–H groups in total. The second-order valence-electron chi connectivity index (χ2n) is 32.2. The molecule has 0 fully saturated rings. The Balaban J connectivity index is 0.000000118. The predicted molar refractivity (Wildman–Crippen MR) is 522 cm³/mol. The fraction of sp³-hybridized carbons (Fsp3) is 0.144. The standard InChI is InChI=1S/C23H22N2O2.2C23H22N2O.2C21H18N2O2/c1-23(2,26)18-7-4-16(5-8-18)17-6-13-21-22(14-17)25(15-24-21)19-9-11-20(27-3)12-10-19;1-16(2)17-4-6-18(7-5-17)19-8-13-22-23(14-19)25(15-24-22)20-9-11-21(26-3)12-10-20;1-16(2)17-5-4-6-18(13-17)19-7-12-22-23(14-19)25(15-24-22)20-8-10-21(26-3)11-9-20;1-24-18-8-3-15(4-9-18)16-5-12-20-21(13-16)23(14-22-20)17-6-10-19(25-2)11-7-17;1-24-17-10-8-16(9-11-17)23-14-22-19-12-7-15(13-20(19)23)18-5-3-4-6-21(18)25-2/h4-15,26H,1-3H3;2*4-16H,1-3H3;2*3-14H,1-2H3. The van der Waals surface area contributed by atoms with Crippen LogP contribution in [-0.4, -0.2) is 103 Å². The Bertz CT molecular complexity index is 7170. The molecule has 0 aliphatic rings. The van der Waals surface area contributed by atoms with Crippen LogP contribution >= 0.6 is 0 Å². The molecule has 15 aromatic carbocycles. The first-order valence-corrected chi connectivity index (χ1v) is 42.7. The Morgan fingerprint density at radius 2 is 0.496 bits per heavy atom. The van der Waals surface area contributed by atoms with Gasteiger partial charge in [0.25, 0.3) is 0 Å². The molecule has 0 saturated carbocycles. The third-order valence-electron chi connectivity index (χ3n) is 23.1. The molecule has 0 unspecified atom stereocenters. The second kappa shape index (κ2) is 39.2. The number of imidazole rings is 5. The summed E-state index contributed by atoms with van der Waals surface area (Å²) in [4.78, 5) is 22.6. The first kappa shape index (κ1) is 86.7. The second-order valence-corrected chi connectivity index (χ2v) is 32.2. The molecular weight excluding hydrogens is 1600 g/mol. The fourth-order valence-corrected chi connectivity index (χ4v) is 15.5. The van der Waals surface area contributed by atoms with E-state index in [4.69, 9.17) is 33.2 Å². The molecule has 644 valence electrons. The highest BCUT2D eigenvalue weighted by molar-refractivity contribution is 5.89. The topological polar surface area (TPSA) is 174 Å². The van der Waals surface area contributed by atoms with E-state index in [1.165, 1.54) is 33.4 Å². The van der Waals surface area contributed by atoms with E-state index in [-0.39, 0.29) is 0 Å². The predicted octanol–water partition coefficient (Wildman–Crippen LogP) is 26.0. The van der Waals surface area contributed by atoms with Crippen molar-refractivity contribution in [3.05, 3.63) is 382 Å². The molecule has 20 rings (SSSR count). The minimum Gasteiger partial charge on any atom is -0.497 e. The lowest BCUT2D eigenvalue weighted by Crippen LogP contribution is -2.14. The van der Waals surface area contributed by atoms with Gasteiger partial charge in [-0.3, -0.25) is 22.8 Å². The lowest BCUT2D eigenvalue weighted by Gasteiger charge is -2.18. The number of fused-ring (bicyclic) bond motifs is 5. The van der Waals surface area contributed by atoms with Crippen molar-refractivity contribution < 1.29 is 38.3 Å². The molecular formula is C111H102N10O8. The van der Waals surface area contributed by atoms with Crippen molar-refractivity contribution in [3.8, 4) is 124 Å². The van der Waals surface area contributed by atoms with Crippen molar-refractivity contribution in [2.45, 2.75) is 59.0 Å². The summed E-state index contributed by atoms with van der Waals surface area (Å²) in [7, 11) is 11.7. The number of aliphatic hydroxyl groups is 1. The lowest BCUT2D eigenvalue weighted by molar-refractivity contribution is 0.0786. The Labute approximate surface area is 751 Å². The van der Waals surface area contributed by atoms with Gasteiger partial charge in [0.1, 0.15) is 71.9 Å². The van der Waals surface area contributed by atoms with Crippen LogP contribution in [0.1, 0.15) is 70.1 Å². The normalized spacial score (nSPS) is 11.2. The number of aromatic nitrogens is 10. The van der Waals surface area contributed by atoms with Gasteiger partial charge >= 0.3 is 0 Å². The van der Waals surface area contributed by atoms with Crippen LogP contribution in [0.15, 0.2) is 365 Å². The fourth-order valence-electron chi connectivity index (χ4n) is 15.5. The van der Waals surface area contributed by atoms with Crippen LogP contribution in [0.4, 0.5) is 0 Å². The summed E-state index contributed by atoms with van der Waals surface area (Å²) in [6, 6.07) is 113. The lowest BCUT2D eigenvalue weighted by atomic mass is 9.95. The van der Waals surface area contributed by atoms with Gasteiger partial charge in [-0.25, -0.2) is 24.9 Å². The summed E-state index contributed by atoms with van der Waals surface area (Å²) in [5.74, 6) is 6.98. The van der Waals surface area contributed by atoms with E-state index in [1.54, 1.807) is 63.6 Å². The number of ether oxygens (including phenoxy) is 7. The van der Waals surface area contributed by atoms with Gasteiger partial charge in [-0.15, -0.1) is 0 Å². The Morgan fingerprint density at radius 3 is 0.791 bits per heavy atom. The van der Waals surface area contributed by atoms with Crippen molar-refractivity contribution in [1.82, 2.24) is 47.8 Å². The molecule has 5 heterocycles. The third kappa shape index (κ3) is 19.7. The average molecular weight is 1700 g/mol. The summed E-state index contributed by atoms with van der Waals surface area (Å²) in [6.45, 7) is 12.5. The molecule has 18 heteroatoms. The Kier molecular flexibility index (Phi) is 26.3. The summed E-state index contributed by atoms with van der Waals surface area (Å²) in [5, 5.41) is 10.1. The largest absolute Gasteiger partial charge is 0.497 e. The highest BCUT2D eigenvalue weighted by Crippen LogP contribution is 2.37. The van der Waals surface area contributed by atoms with Crippen LogP contribution < -0.4 is 33.2 Å². The summed E-state index contributed by atoms with van der Waals surface area (Å²) < 4.78 is 47.4. The molecule has 5 aromatic heterocycles. The van der Waals surface area contributed by atoms with Crippen LogP contribution in [0.25, 0.3) is 139 Å². The van der Waals surface area contributed by atoms with Gasteiger partial charge in [0, 0.05) is 34.0 Å². The van der Waals surface area contributed by atoms with Crippen LogP contribution in [0, 0.1) is 0 Å². The quantitative estimate of drug-likeness (QED) is 0.0764. The molecule has 0 saturated heterocycles. The van der Waals surface area contributed by atoms with Gasteiger partial charge in [-0.2, -0.15) is 0 Å². The van der Waals surface area contributed by atoms with Crippen molar-refractivity contribution in [3.63, 3.8) is 0 Å². The third-order valence-corrected chi connectivity index (χ3v) is 23.1. The van der Waals surface area contributed by atoms with Crippen molar-refractivity contribution in [2.24, 2.45) is 0 Å². The van der Waals surface area contributed by atoms with Crippen LogP contribution in [-0.2, 0) is 5.60 Å². The van der Waals surface area contributed by atoms with E-state index < -0.39 is 5.60 Å². The van der Waals surface area contributed by atoms with Gasteiger partial charge in [0.2, 0.25) is 0 Å². The van der Waals surface area contributed by atoms with Crippen molar-refractivity contribution in [2.75, 3.05) is 49.8 Å². The van der Waals surface area contributed by atoms with Gasteiger partial charge in [0.15, 0.2) is 0 Å². The average Bonchev–Trinajstić information content (AvgIpc) is 1.68. The van der Waals surface area contributed by atoms with Crippen molar-refractivity contribution >= 4 is 55.2 Å². The molecule has 0 amide bonds. The summed E-state index contributed by atoms with van der Waals surface area (Å²) in [5.41, 5.74) is 29.8. The van der Waals surface area contributed by atoms with Crippen LogP contribution in [0.2, 0.25) is 0 Å². The van der Waals surface area contributed by atoms with Crippen LogP contribution in [0.3, 0.4) is 0 Å². The van der Waals surface area contributed by atoms with E-state index in [9.17, 15) is 5.11 Å². The van der Waals surface area contributed by atoms with E-state index in [0.717, 1.165) is 163 Å². The number of rotatable bonds is 20. The number of nitrogens with zero attached hydrogens (tertiary/aromatic N) is 10. The zero-order valence-corrected chi connectivity index (χ0v) is 74.6. The maximum absolute atomic E-state index is 10.1. The number of methoxy groups -OCH3 is 7. The van der Waals surface area contributed by atoms with Gasteiger partial charge < -0.3 is 38.3 Å². The smallest absolute Gasteiger partial charge is 0.126 e. The minimum absolute atomic E-state index is 0.517. The maximum atomic E-state index is 10.1. The van der Waals surface area contributed by atoms with Gasteiger partial charge in [0.05, 0.1) is 111 Å². The zero-order chi connectivity index (χ0) is 89.7.